The first-order valence-electron chi connectivity index (χ1n) is 9.97. The molecule has 3 heterocycles. The number of aromatic nitrogens is 2. The van der Waals surface area contributed by atoms with Gasteiger partial charge in [-0.15, -0.1) is 0 Å². The van der Waals surface area contributed by atoms with Gasteiger partial charge >= 0.3 is 0 Å². The normalized spacial score (nSPS) is 20.4. The number of H-pyrrole nitrogens is 1. The molecule has 0 saturated carbocycles. The number of amides is 1. The summed E-state index contributed by atoms with van der Waals surface area (Å²) in [5.41, 5.74) is 5.06. The largest absolute Gasteiger partial charge is 0.371 e. The van der Waals surface area contributed by atoms with E-state index in [2.05, 4.69) is 63.6 Å². The summed E-state index contributed by atoms with van der Waals surface area (Å²) in [6.07, 6.45) is 3.51. The van der Waals surface area contributed by atoms with Gasteiger partial charge in [-0.2, -0.15) is 5.10 Å². The molecular formula is C21H29N5O. The first-order valence-corrected chi connectivity index (χ1v) is 9.97. The van der Waals surface area contributed by atoms with Crippen LogP contribution in [0, 0.1) is 5.92 Å². The van der Waals surface area contributed by atoms with E-state index in [4.69, 9.17) is 0 Å². The summed E-state index contributed by atoms with van der Waals surface area (Å²) in [7, 11) is 2.07. The van der Waals surface area contributed by atoms with Crippen LogP contribution in [0.15, 0.2) is 24.3 Å². The summed E-state index contributed by atoms with van der Waals surface area (Å²) < 4.78 is 0. The molecule has 0 radical (unpaired) electrons. The van der Waals surface area contributed by atoms with Crippen molar-refractivity contribution >= 4 is 11.6 Å². The van der Waals surface area contributed by atoms with Gasteiger partial charge in [-0.25, -0.2) is 0 Å². The molecule has 1 aromatic carbocycles. The highest BCUT2D eigenvalue weighted by Crippen LogP contribution is 2.23. The van der Waals surface area contributed by atoms with Gasteiger partial charge in [-0.1, -0.05) is 19.1 Å². The highest BCUT2D eigenvalue weighted by atomic mass is 16.1. The van der Waals surface area contributed by atoms with Gasteiger partial charge in [0.25, 0.3) is 5.91 Å². The SMILES string of the molecule is C[C@@H]1CCCN(c2ccc(CNC(=O)c3n[nH]c4c3CN(C)CC4)cc2)C1. The van der Waals surface area contributed by atoms with Gasteiger partial charge in [0.1, 0.15) is 0 Å². The summed E-state index contributed by atoms with van der Waals surface area (Å²) in [4.78, 5) is 17.3. The first-order chi connectivity index (χ1) is 13.1. The van der Waals surface area contributed by atoms with Crippen molar-refractivity contribution in [3.63, 3.8) is 0 Å². The van der Waals surface area contributed by atoms with Gasteiger partial charge in [-0.3, -0.25) is 9.89 Å². The Labute approximate surface area is 160 Å². The molecule has 1 saturated heterocycles. The lowest BCUT2D eigenvalue weighted by Gasteiger charge is -2.32. The van der Waals surface area contributed by atoms with E-state index < -0.39 is 0 Å². The number of carbonyl (C=O) groups excluding carboxylic acids is 1. The number of rotatable bonds is 4. The molecule has 0 unspecified atom stereocenters. The number of carbonyl (C=O) groups is 1. The van der Waals surface area contributed by atoms with Crippen molar-refractivity contribution in [2.24, 2.45) is 5.92 Å². The summed E-state index contributed by atoms with van der Waals surface area (Å²) >= 11 is 0. The van der Waals surface area contributed by atoms with Crippen LogP contribution in [0.3, 0.4) is 0 Å². The minimum Gasteiger partial charge on any atom is -0.371 e. The number of hydrogen-bond donors (Lipinski definition) is 2. The van der Waals surface area contributed by atoms with Crippen molar-refractivity contribution in [1.82, 2.24) is 20.4 Å². The number of benzene rings is 1. The number of fused-ring (bicyclic) bond motifs is 1. The molecule has 6 nitrogen and oxygen atoms in total. The van der Waals surface area contributed by atoms with E-state index >= 15 is 0 Å². The van der Waals surface area contributed by atoms with Crippen molar-refractivity contribution in [1.29, 1.82) is 0 Å². The standard InChI is InChI=1S/C21H29N5O/c1-15-4-3-10-26(13-15)17-7-5-16(6-8-17)12-22-21(27)20-18-14-25(2)11-9-19(18)23-24-20/h5-8,15H,3-4,9-14H2,1-2H3,(H,22,27)(H,23,24)/t15-/m1/s1. The Morgan fingerprint density at radius 1 is 1.30 bits per heavy atom. The monoisotopic (exact) mass is 367 g/mol. The van der Waals surface area contributed by atoms with Crippen molar-refractivity contribution in [2.45, 2.75) is 39.3 Å². The zero-order valence-electron chi connectivity index (χ0n) is 16.3. The third-order valence-electron chi connectivity index (χ3n) is 5.75. The lowest BCUT2D eigenvalue weighted by atomic mass is 9.99. The fourth-order valence-electron chi connectivity index (χ4n) is 4.13. The zero-order valence-corrected chi connectivity index (χ0v) is 16.3. The highest BCUT2D eigenvalue weighted by molar-refractivity contribution is 5.94. The molecule has 4 rings (SSSR count). The predicted molar refractivity (Wildman–Crippen MR) is 107 cm³/mol. The second-order valence-electron chi connectivity index (χ2n) is 8.06. The number of piperidine rings is 1. The Hall–Kier alpha value is -2.34. The summed E-state index contributed by atoms with van der Waals surface area (Å²) in [5, 5.41) is 10.3. The smallest absolute Gasteiger partial charge is 0.272 e. The van der Waals surface area contributed by atoms with Crippen molar-refractivity contribution in [2.75, 3.05) is 31.6 Å². The van der Waals surface area contributed by atoms with Gasteiger partial charge < -0.3 is 15.1 Å². The van der Waals surface area contributed by atoms with Gasteiger partial charge in [0.15, 0.2) is 5.69 Å². The lowest BCUT2D eigenvalue weighted by Crippen LogP contribution is -2.34. The van der Waals surface area contributed by atoms with E-state index in [0.29, 0.717) is 12.2 Å². The van der Waals surface area contributed by atoms with E-state index in [0.717, 1.165) is 55.3 Å². The predicted octanol–water partition coefficient (Wildman–Crippen LogP) is 2.56. The first kappa shape index (κ1) is 18.0. The highest BCUT2D eigenvalue weighted by Gasteiger charge is 2.23. The maximum Gasteiger partial charge on any atom is 0.272 e. The fraction of sp³-hybridized carbons (Fsp3) is 0.524. The third kappa shape index (κ3) is 4.00. The topological polar surface area (TPSA) is 64.3 Å². The Morgan fingerprint density at radius 3 is 2.89 bits per heavy atom. The van der Waals surface area contributed by atoms with E-state index in [1.165, 1.54) is 18.5 Å². The van der Waals surface area contributed by atoms with Crippen LogP contribution in [0.4, 0.5) is 5.69 Å². The number of aromatic amines is 1. The minimum atomic E-state index is -0.100. The second-order valence-corrected chi connectivity index (χ2v) is 8.06. The molecule has 0 aliphatic carbocycles. The Balaban J connectivity index is 1.36. The summed E-state index contributed by atoms with van der Waals surface area (Å²) in [6.45, 7) is 6.89. The minimum absolute atomic E-state index is 0.100. The molecule has 1 amide bonds. The van der Waals surface area contributed by atoms with Gasteiger partial charge in [0, 0.05) is 56.1 Å². The molecule has 0 bridgehead atoms. The molecule has 1 aromatic heterocycles. The number of nitrogens with one attached hydrogen (secondary N) is 2. The molecule has 2 aliphatic rings. The fourth-order valence-corrected chi connectivity index (χ4v) is 4.13. The molecular weight excluding hydrogens is 338 g/mol. The van der Waals surface area contributed by atoms with E-state index in [1.807, 2.05) is 0 Å². The molecule has 2 aliphatic heterocycles. The van der Waals surface area contributed by atoms with Crippen LogP contribution in [0.1, 0.15) is 47.1 Å². The van der Waals surface area contributed by atoms with Crippen LogP contribution in [-0.2, 0) is 19.5 Å². The van der Waals surface area contributed by atoms with Crippen molar-refractivity contribution in [3.05, 3.63) is 46.8 Å². The number of likely N-dealkylation sites (N-methyl/N-ethyl adjacent to an activating group) is 1. The Morgan fingerprint density at radius 2 is 2.11 bits per heavy atom. The van der Waals surface area contributed by atoms with E-state index in [-0.39, 0.29) is 5.91 Å². The molecule has 0 spiro atoms. The molecule has 1 atom stereocenters. The number of anilines is 1. The van der Waals surface area contributed by atoms with Crippen LogP contribution in [0.5, 0.6) is 0 Å². The molecule has 2 N–H and O–H groups in total. The Bertz CT molecular complexity index is 797. The van der Waals surface area contributed by atoms with Crippen LogP contribution >= 0.6 is 0 Å². The molecule has 6 heteroatoms. The second kappa shape index (κ2) is 7.72. The van der Waals surface area contributed by atoms with Gasteiger partial charge in [0.05, 0.1) is 0 Å². The third-order valence-corrected chi connectivity index (χ3v) is 5.75. The molecule has 1 fully saturated rings. The maximum absolute atomic E-state index is 12.6. The lowest BCUT2D eigenvalue weighted by molar-refractivity contribution is 0.0944. The average molecular weight is 367 g/mol. The van der Waals surface area contributed by atoms with Crippen molar-refractivity contribution < 1.29 is 4.79 Å². The number of hydrogen-bond acceptors (Lipinski definition) is 4. The van der Waals surface area contributed by atoms with Crippen LogP contribution in [0.2, 0.25) is 0 Å². The van der Waals surface area contributed by atoms with Crippen molar-refractivity contribution in [3.8, 4) is 0 Å². The van der Waals surface area contributed by atoms with Crippen LogP contribution in [-0.4, -0.2) is 47.7 Å². The molecule has 2 aromatic rings. The maximum atomic E-state index is 12.6. The Kier molecular flexibility index (Phi) is 5.16. The van der Waals surface area contributed by atoms with Gasteiger partial charge in [0.2, 0.25) is 0 Å². The quantitative estimate of drug-likeness (QED) is 0.872. The zero-order chi connectivity index (χ0) is 18.8. The van der Waals surface area contributed by atoms with E-state index in [9.17, 15) is 4.79 Å². The van der Waals surface area contributed by atoms with Crippen LogP contribution < -0.4 is 10.2 Å². The molecule has 144 valence electrons. The molecule has 27 heavy (non-hydrogen) atoms. The summed E-state index contributed by atoms with van der Waals surface area (Å²) in [6, 6.07) is 8.57. The van der Waals surface area contributed by atoms with Crippen LogP contribution in [0.25, 0.3) is 0 Å². The van der Waals surface area contributed by atoms with E-state index in [1.54, 1.807) is 0 Å². The van der Waals surface area contributed by atoms with Gasteiger partial charge in [-0.05, 0) is 43.5 Å². The average Bonchev–Trinajstić information content (AvgIpc) is 3.09. The number of nitrogens with zero attached hydrogens (tertiary/aromatic N) is 3. The summed E-state index contributed by atoms with van der Waals surface area (Å²) in [5.74, 6) is 0.660.